The van der Waals surface area contributed by atoms with Gasteiger partial charge in [0.2, 0.25) is 0 Å². The Bertz CT molecular complexity index is 551. The molecule has 4 nitrogen and oxygen atoms in total. The van der Waals surface area contributed by atoms with Crippen LogP contribution in [0.4, 0.5) is 0 Å². The maximum Gasteiger partial charge on any atom is 0.275 e. The van der Waals surface area contributed by atoms with Crippen molar-refractivity contribution in [2.45, 2.75) is 63.3 Å². The predicted octanol–water partition coefficient (Wildman–Crippen LogP) is 1.99. The van der Waals surface area contributed by atoms with E-state index in [1.807, 2.05) is 12.1 Å². The average molecular weight is 331 g/mol. The minimum atomic E-state index is -0.179. The minimum Gasteiger partial charge on any atom is -0.508 e. The molecule has 0 unspecified atom stereocenters. The summed E-state index contributed by atoms with van der Waals surface area (Å²) in [4.78, 5) is 14.1. The van der Waals surface area contributed by atoms with E-state index in [2.05, 4.69) is 12.2 Å². The van der Waals surface area contributed by atoms with Gasteiger partial charge in [-0.3, -0.25) is 4.79 Å². The van der Waals surface area contributed by atoms with Gasteiger partial charge in [-0.15, -0.1) is 0 Å². The first-order chi connectivity index (χ1) is 11.6. The van der Waals surface area contributed by atoms with Crippen LogP contribution in [0, 0.1) is 0 Å². The lowest BCUT2D eigenvalue weighted by atomic mass is 9.70. The SMILES string of the molecule is C[C@@]1(NC(=O)C[NH+]2CCCCC2)CCCC[C@H]1c1ccc(O)cc1. The van der Waals surface area contributed by atoms with E-state index in [0.29, 0.717) is 18.2 Å². The molecule has 0 bridgehead atoms. The van der Waals surface area contributed by atoms with Crippen molar-refractivity contribution in [3.05, 3.63) is 29.8 Å². The molecule has 0 aromatic heterocycles. The fraction of sp³-hybridized carbons (Fsp3) is 0.650. The molecule has 3 rings (SSSR count). The number of hydrogen-bond donors (Lipinski definition) is 3. The molecule has 1 aliphatic carbocycles. The van der Waals surface area contributed by atoms with Gasteiger partial charge in [-0.1, -0.05) is 25.0 Å². The molecule has 1 saturated heterocycles. The highest BCUT2D eigenvalue weighted by Crippen LogP contribution is 2.41. The lowest BCUT2D eigenvalue weighted by Gasteiger charge is -2.42. The van der Waals surface area contributed by atoms with Crippen LogP contribution in [0.3, 0.4) is 0 Å². The number of quaternary nitrogens is 1. The molecule has 2 fully saturated rings. The van der Waals surface area contributed by atoms with Crippen molar-refractivity contribution in [2.24, 2.45) is 0 Å². The zero-order chi connectivity index (χ0) is 17.0. The van der Waals surface area contributed by atoms with Crippen molar-refractivity contribution in [3.8, 4) is 5.75 Å². The van der Waals surface area contributed by atoms with Crippen LogP contribution in [0.15, 0.2) is 24.3 Å². The molecule has 1 saturated carbocycles. The number of carbonyl (C=O) groups is 1. The Hall–Kier alpha value is -1.55. The van der Waals surface area contributed by atoms with E-state index in [4.69, 9.17) is 0 Å². The lowest BCUT2D eigenvalue weighted by molar-refractivity contribution is -0.896. The summed E-state index contributed by atoms with van der Waals surface area (Å²) in [6, 6.07) is 7.52. The first-order valence-corrected chi connectivity index (χ1v) is 9.50. The van der Waals surface area contributed by atoms with Gasteiger partial charge in [0.25, 0.3) is 5.91 Å². The zero-order valence-electron chi connectivity index (χ0n) is 14.8. The van der Waals surface area contributed by atoms with Gasteiger partial charge in [-0.25, -0.2) is 0 Å². The van der Waals surface area contributed by atoms with Gasteiger partial charge in [0, 0.05) is 11.5 Å². The van der Waals surface area contributed by atoms with Crippen LogP contribution >= 0.6 is 0 Å². The maximum atomic E-state index is 12.6. The highest BCUT2D eigenvalue weighted by Gasteiger charge is 2.39. The molecule has 3 N–H and O–H groups in total. The van der Waals surface area contributed by atoms with Gasteiger partial charge in [-0.2, -0.15) is 0 Å². The van der Waals surface area contributed by atoms with Gasteiger partial charge in [0.15, 0.2) is 6.54 Å². The van der Waals surface area contributed by atoms with Crippen LogP contribution in [0.5, 0.6) is 5.75 Å². The maximum absolute atomic E-state index is 12.6. The molecule has 1 amide bonds. The van der Waals surface area contributed by atoms with Crippen molar-refractivity contribution in [2.75, 3.05) is 19.6 Å². The summed E-state index contributed by atoms with van der Waals surface area (Å²) in [5.74, 6) is 0.821. The summed E-state index contributed by atoms with van der Waals surface area (Å²) in [6.07, 6.45) is 8.30. The van der Waals surface area contributed by atoms with Gasteiger partial charge in [0.1, 0.15) is 5.75 Å². The van der Waals surface area contributed by atoms with Crippen LogP contribution in [-0.4, -0.2) is 36.2 Å². The number of piperidine rings is 1. The second-order valence-corrected chi connectivity index (χ2v) is 7.84. The van der Waals surface area contributed by atoms with E-state index in [1.54, 1.807) is 12.1 Å². The lowest BCUT2D eigenvalue weighted by Crippen LogP contribution is -3.14. The van der Waals surface area contributed by atoms with Crippen LogP contribution in [0.1, 0.15) is 63.4 Å². The van der Waals surface area contributed by atoms with Crippen LogP contribution in [0.25, 0.3) is 0 Å². The zero-order valence-corrected chi connectivity index (χ0v) is 14.8. The molecule has 2 atom stereocenters. The predicted molar refractivity (Wildman–Crippen MR) is 95.3 cm³/mol. The molecule has 132 valence electrons. The molecule has 1 aliphatic heterocycles. The number of carbonyl (C=O) groups excluding carboxylic acids is 1. The number of aromatic hydroxyl groups is 1. The van der Waals surface area contributed by atoms with Crippen molar-refractivity contribution >= 4 is 5.91 Å². The fourth-order valence-electron chi connectivity index (χ4n) is 4.54. The molecular weight excluding hydrogens is 300 g/mol. The fourth-order valence-corrected chi connectivity index (χ4v) is 4.54. The summed E-state index contributed by atoms with van der Waals surface area (Å²) < 4.78 is 0. The van der Waals surface area contributed by atoms with Gasteiger partial charge in [-0.05, 0) is 56.7 Å². The van der Waals surface area contributed by atoms with Crippen LogP contribution in [-0.2, 0) is 4.79 Å². The molecule has 2 aliphatic rings. The number of hydrogen-bond acceptors (Lipinski definition) is 2. The van der Waals surface area contributed by atoms with E-state index >= 15 is 0 Å². The summed E-state index contributed by atoms with van der Waals surface area (Å²) in [5, 5.41) is 12.9. The van der Waals surface area contributed by atoms with Gasteiger partial charge >= 0.3 is 0 Å². The Morgan fingerprint density at radius 2 is 1.88 bits per heavy atom. The second-order valence-electron chi connectivity index (χ2n) is 7.84. The Morgan fingerprint density at radius 1 is 1.17 bits per heavy atom. The molecule has 0 spiro atoms. The summed E-state index contributed by atoms with van der Waals surface area (Å²) in [5.41, 5.74) is 1.04. The number of amides is 1. The molecule has 1 aromatic carbocycles. The standard InChI is InChI=1S/C20H30N2O2/c1-20(21-19(24)15-22-13-5-2-6-14-22)12-4-3-7-18(20)16-8-10-17(23)11-9-16/h8-11,18,23H,2-7,12-15H2,1H3,(H,21,24)/p+1/t18-,20+/m0/s1. The summed E-state index contributed by atoms with van der Waals surface area (Å²) >= 11 is 0. The summed E-state index contributed by atoms with van der Waals surface area (Å²) in [7, 11) is 0. The molecule has 1 aromatic rings. The number of phenolic OH excluding ortho intramolecular Hbond substituents is 1. The van der Waals surface area contributed by atoms with Crippen LogP contribution in [0.2, 0.25) is 0 Å². The largest absolute Gasteiger partial charge is 0.508 e. The summed E-state index contributed by atoms with van der Waals surface area (Å²) in [6.45, 7) is 5.07. The Kier molecular flexibility index (Phi) is 5.44. The number of phenols is 1. The smallest absolute Gasteiger partial charge is 0.275 e. The number of rotatable bonds is 4. The third-order valence-corrected chi connectivity index (χ3v) is 5.90. The molecule has 24 heavy (non-hydrogen) atoms. The second kappa shape index (κ2) is 7.56. The highest BCUT2D eigenvalue weighted by atomic mass is 16.3. The molecular formula is C20H31N2O2+. The molecule has 1 heterocycles. The van der Waals surface area contributed by atoms with E-state index < -0.39 is 0 Å². The Labute approximate surface area is 145 Å². The minimum absolute atomic E-state index is 0.179. The highest BCUT2D eigenvalue weighted by molar-refractivity contribution is 5.78. The third kappa shape index (κ3) is 4.10. The van der Waals surface area contributed by atoms with E-state index in [1.165, 1.54) is 42.6 Å². The van der Waals surface area contributed by atoms with E-state index in [0.717, 1.165) is 25.9 Å². The monoisotopic (exact) mass is 331 g/mol. The topological polar surface area (TPSA) is 53.8 Å². The van der Waals surface area contributed by atoms with E-state index in [9.17, 15) is 9.90 Å². The third-order valence-electron chi connectivity index (χ3n) is 5.90. The van der Waals surface area contributed by atoms with Gasteiger partial charge in [0.05, 0.1) is 13.1 Å². The number of likely N-dealkylation sites (tertiary alicyclic amines) is 1. The van der Waals surface area contributed by atoms with Crippen molar-refractivity contribution in [1.82, 2.24) is 5.32 Å². The van der Waals surface area contributed by atoms with Crippen molar-refractivity contribution in [3.63, 3.8) is 0 Å². The van der Waals surface area contributed by atoms with Crippen molar-refractivity contribution in [1.29, 1.82) is 0 Å². The average Bonchev–Trinajstić information content (AvgIpc) is 2.57. The van der Waals surface area contributed by atoms with Crippen molar-refractivity contribution < 1.29 is 14.8 Å². The normalized spacial score (nSPS) is 28.5. The van der Waals surface area contributed by atoms with E-state index in [-0.39, 0.29) is 11.4 Å². The molecule has 0 radical (unpaired) electrons. The quantitative estimate of drug-likeness (QED) is 0.790. The number of benzene rings is 1. The van der Waals surface area contributed by atoms with Crippen LogP contribution < -0.4 is 10.2 Å². The first-order valence-electron chi connectivity index (χ1n) is 9.50. The molecule has 4 heteroatoms. The Balaban J connectivity index is 1.67. The first kappa shape index (κ1) is 17.3. The number of nitrogens with one attached hydrogen (secondary N) is 2. The Morgan fingerprint density at radius 3 is 2.58 bits per heavy atom. The van der Waals surface area contributed by atoms with Gasteiger partial charge < -0.3 is 15.3 Å².